The molecule has 0 aliphatic rings. The number of rotatable bonds is 5. The van der Waals surface area contributed by atoms with Crippen molar-refractivity contribution in [2.24, 2.45) is 5.10 Å². The molecule has 7 heteroatoms. The first-order chi connectivity index (χ1) is 10.5. The maximum atomic E-state index is 10.8. The molecule has 114 valence electrons. The van der Waals surface area contributed by atoms with Gasteiger partial charge in [0.05, 0.1) is 16.3 Å². The Balaban J connectivity index is 2.28. The van der Waals surface area contributed by atoms with E-state index in [0.29, 0.717) is 23.4 Å². The van der Waals surface area contributed by atoms with Gasteiger partial charge in [0.1, 0.15) is 5.75 Å². The molecule has 0 unspecified atom stereocenters. The van der Waals surface area contributed by atoms with E-state index in [0.717, 1.165) is 4.47 Å². The summed E-state index contributed by atoms with van der Waals surface area (Å²) in [6, 6.07) is 11.2. The predicted molar refractivity (Wildman–Crippen MR) is 89.4 cm³/mol. The smallest absolute Gasteiger partial charge is 0.271 e. The molecule has 2 rings (SSSR count). The van der Waals surface area contributed by atoms with Crippen LogP contribution >= 0.6 is 15.9 Å². The van der Waals surface area contributed by atoms with E-state index in [4.69, 9.17) is 0 Å². The summed E-state index contributed by atoms with van der Waals surface area (Å²) in [5, 5.41) is 24.9. The number of non-ortho nitro benzene ring substituents is 1. The van der Waals surface area contributed by atoms with Gasteiger partial charge in [-0.15, -0.1) is 0 Å². The van der Waals surface area contributed by atoms with Crippen molar-refractivity contribution >= 4 is 33.0 Å². The van der Waals surface area contributed by atoms with E-state index < -0.39 is 4.92 Å². The molecule has 0 saturated carbocycles. The molecule has 0 bridgehead atoms. The fourth-order valence-electron chi connectivity index (χ4n) is 1.89. The van der Waals surface area contributed by atoms with Gasteiger partial charge in [0, 0.05) is 22.2 Å². The molecule has 0 aliphatic carbocycles. The first-order valence-electron chi connectivity index (χ1n) is 6.57. The standard InChI is InChI=1S/C15H14BrN3O3/c1-2-14(13-8-10(16)6-7-15(13)20)18-17-11-4-3-5-12(9-11)19(21)22/h3-9,17,20H,2H2,1H3/b18-14+. The number of benzene rings is 2. The van der Waals surface area contributed by atoms with Gasteiger partial charge < -0.3 is 5.11 Å². The van der Waals surface area contributed by atoms with Crippen LogP contribution in [0.3, 0.4) is 0 Å². The highest BCUT2D eigenvalue weighted by atomic mass is 79.9. The van der Waals surface area contributed by atoms with Crippen molar-refractivity contribution < 1.29 is 10.0 Å². The highest BCUT2D eigenvalue weighted by Gasteiger charge is 2.09. The topological polar surface area (TPSA) is 87.8 Å². The molecule has 0 saturated heterocycles. The van der Waals surface area contributed by atoms with Crippen LogP contribution in [0.1, 0.15) is 18.9 Å². The van der Waals surface area contributed by atoms with Crippen molar-refractivity contribution in [3.63, 3.8) is 0 Å². The quantitative estimate of drug-likeness (QED) is 0.471. The number of aromatic hydroxyl groups is 1. The molecule has 0 atom stereocenters. The summed E-state index contributed by atoms with van der Waals surface area (Å²) in [5.41, 5.74) is 4.54. The minimum absolute atomic E-state index is 0.0106. The molecular formula is C15H14BrN3O3. The van der Waals surface area contributed by atoms with Gasteiger partial charge in [-0.25, -0.2) is 0 Å². The second-order valence-corrected chi connectivity index (χ2v) is 5.41. The number of hydrogen-bond donors (Lipinski definition) is 2. The SMILES string of the molecule is CC/C(=N\Nc1cccc([N+](=O)[O-])c1)c1cc(Br)ccc1O. The fraction of sp³-hybridized carbons (Fsp3) is 0.133. The lowest BCUT2D eigenvalue weighted by molar-refractivity contribution is -0.384. The third-order valence-corrected chi connectivity index (χ3v) is 3.47. The van der Waals surface area contributed by atoms with E-state index in [2.05, 4.69) is 26.5 Å². The Bertz CT molecular complexity index is 732. The van der Waals surface area contributed by atoms with Crippen LogP contribution in [0.25, 0.3) is 0 Å². The normalized spacial score (nSPS) is 11.3. The highest BCUT2D eigenvalue weighted by Crippen LogP contribution is 2.24. The molecule has 0 radical (unpaired) electrons. The Morgan fingerprint density at radius 3 is 2.82 bits per heavy atom. The fourth-order valence-corrected chi connectivity index (χ4v) is 2.25. The van der Waals surface area contributed by atoms with Crippen LogP contribution in [0.2, 0.25) is 0 Å². The first kappa shape index (κ1) is 16.0. The highest BCUT2D eigenvalue weighted by molar-refractivity contribution is 9.10. The van der Waals surface area contributed by atoms with E-state index in [-0.39, 0.29) is 11.4 Å². The molecule has 2 N–H and O–H groups in total. The molecule has 2 aromatic carbocycles. The minimum Gasteiger partial charge on any atom is -0.507 e. The summed E-state index contributed by atoms with van der Waals surface area (Å²) in [5.74, 6) is 0.129. The molecule has 0 aromatic heterocycles. The van der Waals surface area contributed by atoms with Crippen LogP contribution in [-0.2, 0) is 0 Å². The molecule has 6 nitrogen and oxygen atoms in total. The second-order valence-electron chi connectivity index (χ2n) is 4.49. The van der Waals surface area contributed by atoms with Crippen molar-refractivity contribution in [3.8, 4) is 5.75 Å². The van der Waals surface area contributed by atoms with E-state index in [1.165, 1.54) is 12.1 Å². The molecule has 0 fully saturated rings. The van der Waals surface area contributed by atoms with Crippen LogP contribution in [0, 0.1) is 10.1 Å². The molecule has 2 aromatic rings. The summed E-state index contributed by atoms with van der Waals surface area (Å²) in [6.45, 7) is 1.91. The largest absolute Gasteiger partial charge is 0.507 e. The van der Waals surface area contributed by atoms with Gasteiger partial charge in [0.25, 0.3) is 5.69 Å². The number of nitro benzene ring substituents is 1. The van der Waals surface area contributed by atoms with Crippen molar-refractivity contribution in [1.82, 2.24) is 0 Å². The number of phenols is 1. The number of anilines is 1. The maximum absolute atomic E-state index is 10.8. The number of hydrogen-bond acceptors (Lipinski definition) is 5. The number of nitrogens with one attached hydrogen (secondary N) is 1. The second kappa shape index (κ2) is 7.04. The van der Waals surface area contributed by atoms with Gasteiger partial charge in [0.15, 0.2) is 0 Å². The third-order valence-electron chi connectivity index (χ3n) is 2.98. The van der Waals surface area contributed by atoms with Crippen molar-refractivity contribution in [1.29, 1.82) is 0 Å². The predicted octanol–water partition coefficient (Wildman–Crippen LogP) is 4.29. The lowest BCUT2D eigenvalue weighted by Crippen LogP contribution is -2.04. The van der Waals surface area contributed by atoms with Gasteiger partial charge in [-0.2, -0.15) is 5.10 Å². The summed E-state index contributed by atoms with van der Waals surface area (Å²) in [4.78, 5) is 10.3. The monoisotopic (exact) mass is 363 g/mol. The van der Waals surface area contributed by atoms with Gasteiger partial charge >= 0.3 is 0 Å². The number of phenolic OH excluding ortho intramolecular Hbond substituents is 1. The zero-order chi connectivity index (χ0) is 16.1. The number of hydrazone groups is 1. The van der Waals surface area contributed by atoms with E-state index >= 15 is 0 Å². The Morgan fingerprint density at radius 2 is 2.14 bits per heavy atom. The summed E-state index contributed by atoms with van der Waals surface area (Å²) < 4.78 is 0.830. The van der Waals surface area contributed by atoms with E-state index in [9.17, 15) is 15.2 Å². The Hall–Kier alpha value is -2.41. The Morgan fingerprint density at radius 1 is 1.36 bits per heavy atom. The van der Waals surface area contributed by atoms with Gasteiger partial charge in [-0.3, -0.25) is 15.5 Å². The van der Waals surface area contributed by atoms with Crippen molar-refractivity contribution in [3.05, 3.63) is 62.6 Å². The van der Waals surface area contributed by atoms with Crippen LogP contribution in [-0.4, -0.2) is 15.7 Å². The van der Waals surface area contributed by atoms with E-state index in [1.54, 1.807) is 30.3 Å². The molecule has 0 amide bonds. The number of halogens is 1. The molecular weight excluding hydrogens is 350 g/mol. The van der Waals surface area contributed by atoms with Crippen molar-refractivity contribution in [2.45, 2.75) is 13.3 Å². The summed E-state index contributed by atoms with van der Waals surface area (Å²) in [6.07, 6.45) is 0.589. The Kier molecular flexibility index (Phi) is 5.11. The van der Waals surface area contributed by atoms with Gasteiger partial charge in [-0.1, -0.05) is 28.9 Å². The first-order valence-corrected chi connectivity index (χ1v) is 7.36. The van der Waals surface area contributed by atoms with Crippen molar-refractivity contribution in [2.75, 3.05) is 5.43 Å². The minimum atomic E-state index is -0.463. The molecule has 0 spiro atoms. The van der Waals surface area contributed by atoms with Gasteiger partial charge in [-0.05, 0) is 30.7 Å². The number of nitrogens with zero attached hydrogens (tertiary/aromatic N) is 2. The summed E-state index contributed by atoms with van der Waals surface area (Å²) in [7, 11) is 0. The zero-order valence-electron chi connectivity index (χ0n) is 11.8. The molecule has 0 heterocycles. The number of nitro groups is 1. The lowest BCUT2D eigenvalue weighted by atomic mass is 10.1. The average Bonchev–Trinajstić information content (AvgIpc) is 2.51. The average molecular weight is 364 g/mol. The molecule has 0 aliphatic heterocycles. The van der Waals surface area contributed by atoms with Crippen LogP contribution in [0.4, 0.5) is 11.4 Å². The maximum Gasteiger partial charge on any atom is 0.271 e. The summed E-state index contributed by atoms with van der Waals surface area (Å²) >= 11 is 3.35. The van der Waals surface area contributed by atoms with Crippen LogP contribution in [0.5, 0.6) is 5.75 Å². The van der Waals surface area contributed by atoms with Crippen LogP contribution < -0.4 is 5.43 Å². The third kappa shape index (κ3) is 3.82. The van der Waals surface area contributed by atoms with Crippen LogP contribution in [0.15, 0.2) is 52.0 Å². The van der Waals surface area contributed by atoms with E-state index in [1.807, 2.05) is 6.92 Å². The Labute approximate surface area is 135 Å². The zero-order valence-corrected chi connectivity index (χ0v) is 13.4. The lowest BCUT2D eigenvalue weighted by Gasteiger charge is -2.08. The van der Waals surface area contributed by atoms with Gasteiger partial charge in [0.2, 0.25) is 0 Å². The molecule has 22 heavy (non-hydrogen) atoms.